The molecule has 16 nitrogen and oxygen atoms in total. The van der Waals surface area contributed by atoms with Crippen molar-refractivity contribution in [3.63, 3.8) is 0 Å². The van der Waals surface area contributed by atoms with Crippen LogP contribution in [0.5, 0.6) is 0 Å². The number of amides is 3. The first-order valence-corrected chi connectivity index (χ1v) is 18.9. The Morgan fingerprint density at radius 1 is 0.962 bits per heavy atom. The van der Waals surface area contributed by atoms with Crippen LogP contribution in [0, 0.1) is 5.92 Å². The van der Waals surface area contributed by atoms with Crippen molar-refractivity contribution >= 4 is 17.9 Å². The summed E-state index contributed by atoms with van der Waals surface area (Å²) >= 11 is 0. The van der Waals surface area contributed by atoms with E-state index in [1.807, 2.05) is 30.3 Å². The van der Waals surface area contributed by atoms with Crippen LogP contribution in [0.15, 0.2) is 42.9 Å². The van der Waals surface area contributed by atoms with Gasteiger partial charge in [-0.15, -0.1) is 5.10 Å². The zero-order valence-electron chi connectivity index (χ0n) is 31.2. The highest BCUT2D eigenvalue weighted by molar-refractivity contribution is 5.91. The summed E-state index contributed by atoms with van der Waals surface area (Å²) in [6.07, 6.45) is 7.78. The van der Waals surface area contributed by atoms with E-state index in [4.69, 9.17) is 9.47 Å². The zero-order valence-corrected chi connectivity index (χ0v) is 31.2. The highest BCUT2D eigenvalue weighted by atomic mass is 16.6. The number of carbonyl (C=O) groups excluding carboxylic acids is 3. The maximum Gasteiger partial charge on any atom is 0.408 e. The van der Waals surface area contributed by atoms with Crippen LogP contribution in [0.2, 0.25) is 0 Å². The quantitative estimate of drug-likeness (QED) is 0.136. The molecular formula is C37H56N10O6. The van der Waals surface area contributed by atoms with Crippen LogP contribution in [-0.4, -0.2) is 121 Å². The van der Waals surface area contributed by atoms with Crippen LogP contribution in [0.25, 0.3) is 0 Å². The van der Waals surface area contributed by atoms with Crippen molar-refractivity contribution in [2.45, 2.75) is 115 Å². The van der Waals surface area contributed by atoms with Crippen LogP contribution in [0.3, 0.4) is 0 Å². The number of morpholine rings is 1. The van der Waals surface area contributed by atoms with Crippen LogP contribution in [-0.2, 0) is 44.9 Å². The van der Waals surface area contributed by atoms with Crippen molar-refractivity contribution in [3.8, 4) is 0 Å². The number of nitrogens with one attached hydrogen (secondary N) is 4. The van der Waals surface area contributed by atoms with Crippen molar-refractivity contribution in [3.05, 3.63) is 59.9 Å². The van der Waals surface area contributed by atoms with Gasteiger partial charge in [0.05, 0.1) is 38.2 Å². The van der Waals surface area contributed by atoms with E-state index in [1.165, 1.54) is 12.7 Å². The fourth-order valence-corrected chi connectivity index (χ4v) is 6.92. The number of aromatic nitrogens is 6. The highest BCUT2D eigenvalue weighted by Gasteiger charge is 2.33. The molecule has 16 heteroatoms. The molecule has 3 aromatic rings. The number of rotatable bonds is 17. The van der Waals surface area contributed by atoms with Gasteiger partial charge in [0, 0.05) is 50.8 Å². The predicted molar refractivity (Wildman–Crippen MR) is 195 cm³/mol. The van der Waals surface area contributed by atoms with Crippen molar-refractivity contribution in [1.29, 1.82) is 0 Å². The number of H-pyrrole nitrogens is 1. The molecule has 1 aliphatic carbocycles. The first-order chi connectivity index (χ1) is 25.5. The van der Waals surface area contributed by atoms with E-state index in [1.54, 1.807) is 31.6 Å². The summed E-state index contributed by atoms with van der Waals surface area (Å²) in [5, 5.41) is 32.8. The number of alkyl carbamates (subject to hydrolysis) is 1. The normalized spacial score (nSPS) is 18.0. The molecule has 0 radical (unpaired) electrons. The van der Waals surface area contributed by atoms with E-state index < -0.39 is 47.7 Å². The number of hydrogen-bond acceptors (Lipinski definition) is 11. The second-order valence-corrected chi connectivity index (χ2v) is 15.1. The number of aliphatic hydroxyl groups is 1. The lowest BCUT2D eigenvalue weighted by Gasteiger charge is -2.32. The molecule has 2 aliphatic rings. The van der Waals surface area contributed by atoms with E-state index in [-0.39, 0.29) is 19.3 Å². The third-order valence-electron chi connectivity index (χ3n) is 9.74. The number of nitrogens with zero attached hydrogens (tertiary/aromatic N) is 6. The molecule has 5 rings (SSSR count). The van der Waals surface area contributed by atoms with Crippen molar-refractivity contribution in [1.82, 2.24) is 51.0 Å². The lowest BCUT2D eigenvalue weighted by Crippen LogP contribution is -2.58. The average molecular weight is 737 g/mol. The van der Waals surface area contributed by atoms with E-state index in [2.05, 4.69) is 46.3 Å². The van der Waals surface area contributed by atoms with Gasteiger partial charge in [-0.3, -0.25) is 14.5 Å². The maximum absolute atomic E-state index is 14.3. The third-order valence-corrected chi connectivity index (χ3v) is 9.74. The van der Waals surface area contributed by atoms with Crippen molar-refractivity contribution in [2.24, 2.45) is 5.92 Å². The minimum Gasteiger partial charge on any atom is -0.444 e. The largest absolute Gasteiger partial charge is 0.444 e. The highest BCUT2D eigenvalue weighted by Crippen LogP contribution is 2.28. The number of hydrogen-bond donors (Lipinski definition) is 5. The molecule has 3 heterocycles. The van der Waals surface area contributed by atoms with Gasteiger partial charge in [0.2, 0.25) is 11.8 Å². The Bertz CT molecular complexity index is 1550. The minimum absolute atomic E-state index is 0.105. The smallest absolute Gasteiger partial charge is 0.408 e. The molecule has 2 fully saturated rings. The summed E-state index contributed by atoms with van der Waals surface area (Å²) in [4.78, 5) is 50.5. The van der Waals surface area contributed by atoms with Gasteiger partial charge in [-0.05, 0) is 49.1 Å². The van der Waals surface area contributed by atoms with Gasteiger partial charge in [0.25, 0.3) is 0 Å². The van der Waals surface area contributed by atoms with Crippen LogP contribution in [0.4, 0.5) is 4.79 Å². The first-order valence-electron chi connectivity index (χ1n) is 18.9. The Labute approximate surface area is 311 Å². The molecule has 1 saturated carbocycles. The summed E-state index contributed by atoms with van der Waals surface area (Å²) in [5.41, 5.74) is 0.677. The molecular weight excluding hydrogens is 680 g/mol. The lowest BCUT2D eigenvalue weighted by molar-refractivity contribution is -0.131. The van der Waals surface area contributed by atoms with Gasteiger partial charge in [-0.25, -0.2) is 14.5 Å². The van der Waals surface area contributed by atoms with Crippen LogP contribution < -0.4 is 16.0 Å². The number of ether oxygens (including phenoxy) is 2. The second kappa shape index (κ2) is 19.6. The monoisotopic (exact) mass is 736 g/mol. The summed E-state index contributed by atoms with van der Waals surface area (Å²) in [7, 11) is 0. The number of carbonyl (C=O) groups is 3. The van der Waals surface area contributed by atoms with E-state index in [0.29, 0.717) is 43.6 Å². The Morgan fingerprint density at radius 2 is 1.68 bits per heavy atom. The van der Waals surface area contributed by atoms with Gasteiger partial charge >= 0.3 is 6.09 Å². The SMILES string of the molecule is CC(C)(C)OC(=O)N[C@@H](Cc1ccccc1)C(=O)N[C@@H](Cc1cnc[nH]1)C(=O)N[C@@H](CC1CCCCC1)[C@@H](O)Cc1nnnn1CCN1CCOCC1. The minimum atomic E-state index is -1.05. The molecule has 2 aromatic heterocycles. The molecule has 1 saturated heterocycles. The predicted octanol–water partition coefficient (Wildman–Crippen LogP) is 1.95. The molecule has 4 atom stereocenters. The first kappa shape index (κ1) is 39.8. The Kier molecular flexibility index (Phi) is 14.7. The molecule has 290 valence electrons. The Morgan fingerprint density at radius 3 is 2.38 bits per heavy atom. The van der Waals surface area contributed by atoms with E-state index in [0.717, 1.165) is 50.9 Å². The topological polar surface area (TPSA) is 202 Å². The Hall–Kier alpha value is -4.41. The molecule has 1 aliphatic heterocycles. The number of aliphatic hydroxyl groups excluding tert-OH is 1. The second-order valence-electron chi connectivity index (χ2n) is 15.1. The third kappa shape index (κ3) is 13.2. The number of benzene rings is 1. The maximum atomic E-state index is 14.3. The van der Waals surface area contributed by atoms with Crippen molar-refractivity contribution in [2.75, 3.05) is 32.8 Å². The van der Waals surface area contributed by atoms with Gasteiger partial charge in [-0.2, -0.15) is 0 Å². The zero-order chi connectivity index (χ0) is 37.6. The van der Waals surface area contributed by atoms with Crippen LogP contribution >= 0.6 is 0 Å². The molecule has 0 spiro atoms. The van der Waals surface area contributed by atoms with Gasteiger partial charge in [0.15, 0.2) is 5.82 Å². The number of imidazole rings is 1. The summed E-state index contributed by atoms with van der Waals surface area (Å²) in [6.45, 7) is 9.62. The Balaban J connectivity index is 1.32. The standard InChI is InChI=1S/C37H56N10O6/c1-37(2,3)53-36(51)42-30(21-27-12-8-5-9-13-27)34(49)41-31(22-28-24-38-25-39-28)35(50)40-29(20-26-10-6-4-7-11-26)32(48)23-33-43-44-45-47(33)15-14-46-16-18-52-19-17-46/h5,8-9,12-13,24-26,29-32,48H,4,6-7,10-11,14-23H2,1-3H3,(H,38,39)(H,40,50)(H,41,49)(H,42,51)/t29-,30-,31-,32-/m0/s1. The fourth-order valence-electron chi connectivity index (χ4n) is 6.92. The molecule has 0 bridgehead atoms. The molecule has 3 amide bonds. The lowest BCUT2D eigenvalue weighted by atomic mass is 9.83. The molecule has 1 aromatic carbocycles. The van der Waals surface area contributed by atoms with Crippen LogP contribution in [0.1, 0.15) is 76.4 Å². The van der Waals surface area contributed by atoms with Gasteiger partial charge in [0.1, 0.15) is 17.7 Å². The van der Waals surface area contributed by atoms with Gasteiger partial charge < -0.3 is 35.5 Å². The van der Waals surface area contributed by atoms with Crippen molar-refractivity contribution < 1.29 is 29.0 Å². The molecule has 53 heavy (non-hydrogen) atoms. The average Bonchev–Trinajstić information content (AvgIpc) is 3.82. The van der Waals surface area contributed by atoms with Gasteiger partial charge in [-0.1, -0.05) is 62.4 Å². The molecule has 0 unspecified atom stereocenters. The number of tetrazole rings is 1. The number of aromatic amines is 1. The van der Waals surface area contributed by atoms with E-state index in [9.17, 15) is 19.5 Å². The summed E-state index contributed by atoms with van der Waals surface area (Å²) in [5.74, 6) is -0.151. The summed E-state index contributed by atoms with van der Waals surface area (Å²) < 4.78 is 12.6. The molecule has 5 N–H and O–H groups in total. The van der Waals surface area contributed by atoms with E-state index >= 15 is 0 Å². The summed E-state index contributed by atoms with van der Waals surface area (Å²) in [6, 6.07) is 6.58. The fraction of sp³-hybridized carbons (Fsp3) is 0.649.